The van der Waals surface area contributed by atoms with Crippen LogP contribution in [-0.2, 0) is 21.2 Å². The summed E-state index contributed by atoms with van der Waals surface area (Å²) in [6.07, 6.45) is 2.44. The van der Waals surface area contributed by atoms with Crippen molar-refractivity contribution in [1.82, 2.24) is 19.8 Å². The number of nitrogens with zero attached hydrogens (tertiary/aromatic N) is 2. The smallest absolute Gasteiger partial charge is 0.244 e. The molecule has 2 aromatic rings. The first-order valence-corrected chi connectivity index (χ1v) is 10.7. The van der Waals surface area contributed by atoms with Gasteiger partial charge in [-0.2, -0.15) is 5.10 Å². The second kappa shape index (κ2) is 8.22. The van der Waals surface area contributed by atoms with Crippen molar-refractivity contribution >= 4 is 15.9 Å². The van der Waals surface area contributed by atoms with E-state index in [0.29, 0.717) is 43.7 Å². The third-order valence-electron chi connectivity index (χ3n) is 4.97. The van der Waals surface area contributed by atoms with Gasteiger partial charge in [-0.05, 0) is 38.7 Å². The van der Waals surface area contributed by atoms with Crippen LogP contribution >= 0.6 is 0 Å². The summed E-state index contributed by atoms with van der Waals surface area (Å²) in [4.78, 5) is 14.5. The van der Waals surface area contributed by atoms with Crippen LogP contribution in [0.5, 0.6) is 0 Å². The summed E-state index contributed by atoms with van der Waals surface area (Å²) in [6, 6.07) is 9.79. The second-order valence-corrected chi connectivity index (χ2v) is 8.68. The molecule has 0 atom stereocenters. The number of piperidine rings is 1. The number of aromatic amines is 1. The number of amides is 1. The number of nitrogens with one attached hydrogen (secondary N) is 2. The Kier molecular flexibility index (Phi) is 5.96. The molecule has 1 amide bonds. The fraction of sp³-hybridized carbons (Fsp3) is 0.474. The zero-order chi connectivity index (χ0) is 19.4. The van der Waals surface area contributed by atoms with Crippen LogP contribution in [0.15, 0.2) is 35.2 Å². The van der Waals surface area contributed by atoms with Crippen LogP contribution in [0.2, 0.25) is 0 Å². The van der Waals surface area contributed by atoms with Crippen molar-refractivity contribution in [3.05, 3.63) is 47.3 Å². The maximum atomic E-state index is 12.6. The lowest BCUT2D eigenvalue weighted by Crippen LogP contribution is -2.46. The minimum atomic E-state index is -3.61. The largest absolute Gasteiger partial charge is 0.343 e. The molecular formula is C19H26N4O3S. The van der Waals surface area contributed by atoms with E-state index in [0.717, 1.165) is 12.0 Å². The number of aromatic nitrogens is 2. The number of hydrogen-bond donors (Lipinski definition) is 2. The Hall–Kier alpha value is -2.19. The summed E-state index contributed by atoms with van der Waals surface area (Å²) < 4.78 is 28.0. The van der Waals surface area contributed by atoms with Crippen LogP contribution in [0, 0.1) is 13.8 Å². The van der Waals surface area contributed by atoms with Gasteiger partial charge in [-0.3, -0.25) is 9.89 Å². The number of carbonyl (C=O) groups is 1. The monoisotopic (exact) mass is 390 g/mol. The third kappa shape index (κ3) is 4.75. The van der Waals surface area contributed by atoms with Crippen LogP contribution in [-0.4, -0.2) is 48.6 Å². The van der Waals surface area contributed by atoms with E-state index in [4.69, 9.17) is 0 Å². The Morgan fingerprint density at radius 1 is 1.22 bits per heavy atom. The Labute approximate surface area is 160 Å². The molecule has 146 valence electrons. The molecule has 1 aliphatic heterocycles. The molecule has 2 heterocycles. The predicted molar refractivity (Wildman–Crippen MR) is 103 cm³/mol. The molecule has 1 fully saturated rings. The van der Waals surface area contributed by atoms with Crippen molar-refractivity contribution in [2.45, 2.75) is 50.5 Å². The lowest BCUT2D eigenvalue weighted by atomic mass is 10.0. The SMILES string of the molecule is Cc1n[nH]c(C)c1S(=O)(=O)NC1CCN(C(=O)CCc2ccccc2)CC1. The summed E-state index contributed by atoms with van der Waals surface area (Å²) >= 11 is 0. The normalized spacial score (nSPS) is 15.9. The zero-order valence-electron chi connectivity index (χ0n) is 15.7. The number of benzene rings is 1. The summed E-state index contributed by atoms with van der Waals surface area (Å²) in [7, 11) is -3.61. The molecule has 1 aliphatic rings. The topological polar surface area (TPSA) is 95.2 Å². The molecule has 8 heteroatoms. The predicted octanol–water partition coefficient (Wildman–Crippen LogP) is 1.93. The highest BCUT2D eigenvalue weighted by Gasteiger charge is 2.29. The van der Waals surface area contributed by atoms with Gasteiger partial charge in [-0.25, -0.2) is 13.1 Å². The van der Waals surface area contributed by atoms with Crippen LogP contribution < -0.4 is 4.72 Å². The van der Waals surface area contributed by atoms with Crippen LogP contribution in [0.1, 0.15) is 36.2 Å². The molecule has 1 aromatic carbocycles. The van der Waals surface area contributed by atoms with Crippen molar-refractivity contribution in [2.24, 2.45) is 0 Å². The number of likely N-dealkylation sites (tertiary alicyclic amines) is 1. The van der Waals surface area contributed by atoms with Gasteiger partial charge in [-0.15, -0.1) is 0 Å². The lowest BCUT2D eigenvalue weighted by Gasteiger charge is -2.32. The average molecular weight is 391 g/mol. The fourth-order valence-corrected chi connectivity index (χ4v) is 5.19. The minimum Gasteiger partial charge on any atom is -0.343 e. The van der Waals surface area contributed by atoms with E-state index in [1.165, 1.54) is 0 Å². The Morgan fingerprint density at radius 3 is 2.48 bits per heavy atom. The second-order valence-electron chi connectivity index (χ2n) is 7.03. The van der Waals surface area contributed by atoms with E-state index in [-0.39, 0.29) is 16.8 Å². The number of aryl methyl sites for hydroxylation is 3. The number of rotatable bonds is 6. The van der Waals surface area contributed by atoms with Gasteiger partial charge in [-0.1, -0.05) is 30.3 Å². The number of H-pyrrole nitrogens is 1. The standard InChI is InChI=1S/C19H26N4O3S/c1-14-19(15(2)21-20-14)27(25,26)22-17-10-12-23(13-11-17)18(24)9-8-16-6-4-3-5-7-16/h3-7,17,22H,8-13H2,1-2H3,(H,20,21). The number of carbonyl (C=O) groups excluding carboxylic acids is 1. The fourth-order valence-electron chi connectivity index (χ4n) is 3.52. The van der Waals surface area contributed by atoms with Crippen LogP contribution in [0.25, 0.3) is 0 Å². The number of hydrogen-bond acceptors (Lipinski definition) is 4. The summed E-state index contributed by atoms with van der Waals surface area (Å²) in [5.41, 5.74) is 2.15. The molecule has 2 N–H and O–H groups in total. The van der Waals surface area contributed by atoms with E-state index >= 15 is 0 Å². The summed E-state index contributed by atoms with van der Waals surface area (Å²) in [5, 5.41) is 6.67. The molecule has 0 aliphatic carbocycles. The first-order valence-electron chi connectivity index (χ1n) is 9.22. The molecule has 0 unspecified atom stereocenters. The van der Waals surface area contributed by atoms with Crippen LogP contribution in [0.4, 0.5) is 0 Å². The van der Waals surface area contributed by atoms with Gasteiger partial charge in [0.05, 0.1) is 11.4 Å². The van der Waals surface area contributed by atoms with Crippen molar-refractivity contribution in [1.29, 1.82) is 0 Å². The summed E-state index contributed by atoms with van der Waals surface area (Å²) in [5.74, 6) is 0.127. The maximum absolute atomic E-state index is 12.6. The van der Waals surface area contributed by atoms with Crippen LogP contribution in [0.3, 0.4) is 0 Å². The quantitative estimate of drug-likeness (QED) is 0.788. The van der Waals surface area contributed by atoms with Gasteiger partial charge in [0.1, 0.15) is 4.90 Å². The molecule has 7 nitrogen and oxygen atoms in total. The summed E-state index contributed by atoms with van der Waals surface area (Å²) in [6.45, 7) is 4.52. The van der Waals surface area contributed by atoms with Gasteiger partial charge in [0, 0.05) is 25.6 Å². The van der Waals surface area contributed by atoms with Crippen molar-refractivity contribution < 1.29 is 13.2 Å². The molecule has 0 saturated carbocycles. The van der Waals surface area contributed by atoms with E-state index < -0.39 is 10.0 Å². The zero-order valence-corrected chi connectivity index (χ0v) is 16.6. The van der Waals surface area contributed by atoms with E-state index in [1.807, 2.05) is 35.2 Å². The average Bonchev–Trinajstić information content (AvgIpc) is 3.00. The van der Waals surface area contributed by atoms with Gasteiger partial charge in [0.2, 0.25) is 15.9 Å². The molecule has 0 radical (unpaired) electrons. The van der Waals surface area contributed by atoms with Crippen molar-refractivity contribution in [2.75, 3.05) is 13.1 Å². The van der Waals surface area contributed by atoms with E-state index in [9.17, 15) is 13.2 Å². The molecule has 3 rings (SSSR count). The van der Waals surface area contributed by atoms with Gasteiger partial charge < -0.3 is 4.90 Å². The molecule has 1 aromatic heterocycles. The highest BCUT2D eigenvalue weighted by Crippen LogP contribution is 2.20. The minimum absolute atomic E-state index is 0.127. The maximum Gasteiger partial charge on any atom is 0.244 e. The molecular weight excluding hydrogens is 364 g/mol. The highest BCUT2D eigenvalue weighted by atomic mass is 32.2. The Bertz CT molecular complexity index is 865. The first-order chi connectivity index (χ1) is 12.9. The van der Waals surface area contributed by atoms with Gasteiger partial charge in [0.25, 0.3) is 0 Å². The van der Waals surface area contributed by atoms with E-state index in [2.05, 4.69) is 14.9 Å². The molecule has 0 spiro atoms. The Balaban J connectivity index is 1.51. The van der Waals surface area contributed by atoms with E-state index in [1.54, 1.807) is 13.8 Å². The first kappa shape index (κ1) is 19.6. The van der Waals surface area contributed by atoms with Crippen molar-refractivity contribution in [3.8, 4) is 0 Å². The van der Waals surface area contributed by atoms with Gasteiger partial charge in [0.15, 0.2) is 0 Å². The molecule has 0 bridgehead atoms. The molecule has 1 saturated heterocycles. The Morgan fingerprint density at radius 2 is 1.89 bits per heavy atom. The third-order valence-corrected chi connectivity index (χ3v) is 6.75. The van der Waals surface area contributed by atoms with Crippen molar-refractivity contribution in [3.63, 3.8) is 0 Å². The lowest BCUT2D eigenvalue weighted by molar-refractivity contribution is -0.132. The highest BCUT2D eigenvalue weighted by molar-refractivity contribution is 7.89. The van der Waals surface area contributed by atoms with Gasteiger partial charge >= 0.3 is 0 Å². The molecule has 27 heavy (non-hydrogen) atoms. The number of sulfonamides is 1.